The van der Waals surface area contributed by atoms with Crippen molar-refractivity contribution in [2.45, 2.75) is 18.7 Å². The first-order chi connectivity index (χ1) is 8.47. The van der Waals surface area contributed by atoms with Crippen molar-refractivity contribution in [1.29, 1.82) is 0 Å². The summed E-state index contributed by atoms with van der Waals surface area (Å²) in [6.07, 6.45) is 0. The predicted molar refractivity (Wildman–Crippen MR) is 69.2 cm³/mol. The van der Waals surface area contributed by atoms with E-state index in [1.165, 1.54) is 0 Å². The van der Waals surface area contributed by atoms with Crippen molar-refractivity contribution >= 4 is 10.1 Å². The summed E-state index contributed by atoms with van der Waals surface area (Å²) >= 11 is 0. The number of fused-ring (bicyclic) bond motifs is 3. The summed E-state index contributed by atoms with van der Waals surface area (Å²) in [4.78, 5) is 0.242. The van der Waals surface area contributed by atoms with Gasteiger partial charge in [-0.05, 0) is 38.1 Å². The third-order valence-corrected chi connectivity index (χ3v) is 4.32. The van der Waals surface area contributed by atoms with Crippen molar-refractivity contribution in [2.24, 2.45) is 0 Å². The Bertz CT molecular complexity index is 746. The van der Waals surface area contributed by atoms with E-state index < -0.39 is 10.1 Å². The van der Waals surface area contributed by atoms with Gasteiger partial charge in [0.2, 0.25) is 0 Å². The molecule has 1 heterocycles. The van der Waals surface area contributed by atoms with Crippen LogP contribution < -0.4 is 4.18 Å². The van der Waals surface area contributed by atoms with Crippen LogP contribution in [0.2, 0.25) is 0 Å². The van der Waals surface area contributed by atoms with Gasteiger partial charge in [-0.15, -0.1) is 0 Å². The van der Waals surface area contributed by atoms with Crippen LogP contribution in [0, 0.1) is 13.8 Å². The molecule has 2 aromatic carbocycles. The van der Waals surface area contributed by atoms with E-state index in [1.807, 2.05) is 32.0 Å². The number of hydrogen-bond donors (Lipinski definition) is 0. The summed E-state index contributed by atoms with van der Waals surface area (Å²) in [5.74, 6) is 0.402. The maximum absolute atomic E-state index is 12.0. The average Bonchev–Trinajstić information content (AvgIpc) is 2.30. The first-order valence-corrected chi connectivity index (χ1v) is 7.04. The fraction of sp³-hybridized carbons (Fsp3) is 0.143. The van der Waals surface area contributed by atoms with E-state index in [9.17, 15) is 8.42 Å². The lowest BCUT2D eigenvalue weighted by Crippen LogP contribution is -2.16. The molecule has 0 spiro atoms. The maximum Gasteiger partial charge on any atom is 0.339 e. The molecule has 0 atom stereocenters. The van der Waals surface area contributed by atoms with Gasteiger partial charge in [0, 0.05) is 11.1 Å². The number of hydrogen-bond acceptors (Lipinski definition) is 3. The Morgan fingerprint density at radius 3 is 2.22 bits per heavy atom. The molecule has 18 heavy (non-hydrogen) atoms. The van der Waals surface area contributed by atoms with E-state index in [0.29, 0.717) is 5.75 Å². The lowest BCUT2D eigenvalue weighted by atomic mass is 10.0. The summed E-state index contributed by atoms with van der Waals surface area (Å²) < 4.78 is 29.1. The van der Waals surface area contributed by atoms with Gasteiger partial charge in [0.05, 0.1) is 0 Å². The van der Waals surface area contributed by atoms with E-state index in [-0.39, 0.29) is 4.90 Å². The largest absolute Gasteiger partial charge is 0.378 e. The van der Waals surface area contributed by atoms with Crippen LogP contribution in [0.4, 0.5) is 0 Å². The minimum absolute atomic E-state index is 0.242. The van der Waals surface area contributed by atoms with Crippen LogP contribution in [0.3, 0.4) is 0 Å². The Labute approximate surface area is 106 Å². The summed E-state index contributed by atoms with van der Waals surface area (Å²) in [6, 6.07) is 10.8. The van der Waals surface area contributed by atoms with Crippen molar-refractivity contribution in [2.75, 3.05) is 0 Å². The molecule has 1 aliphatic heterocycles. The molecule has 0 radical (unpaired) electrons. The standard InChI is InChI=1S/C14H12O3S/c1-9-3-5-13-11(7-9)12-8-10(2)4-6-14(12)18(15,16)17-13/h3-8H,1-2H3. The van der Waals surface area contributed by atoms with Crippen molar-refractivity contribution in [1.82, 2.24) is 0 Å². The Kier molecular flexibility index (Phi) is 2.25. The van der Waals surface area contributed by atoms with Crippen LogP contribution in [0.5, 0.6) is 5.75 Å². The molecule has 0 unspecified atom stereocenters. The second kappa shape index (κ2) is 3.59. The SMILES string of the molecule is Cc1ccc2c(c1)-c1cc(C)ccc1S(=O)(=O)O2. The van der Waals surface area contributed by atoms with Gasteiger partial charge < -0.3 is 4.18 Å². The first-order valence-electron chi connectivity index (χ1n) is 5.63. The summed E-state index contributed by atoms with van der Waals surface area (Å²) in [5, 5.41) is 0. The molecule has 0 aromatic heterocycles. The van der Waals surface area contributed by atoms with Gasteiger partial charge >= 0.3 is 10.1 Å². The third-order valence-electron chi connectivity index (χ3n) is 3.03. The second-order valence-corrected chi connectivity index (χ2v) is 6.05. The normalized spacial score (nSPS) is 15.4. The highest BCUT2D eigenvalue weighted by molar-refractivity contribution is 7.87. The molecule has 0 saturated heterocycles. The van der Waals surface area contributed by atoms with Gasteiger partial charge in [0.25, 0.3) is 0 Å². The predicted octanol–water partition coefficient (Wildman–Crippen LogP) is 3.05. The summed E-state index contributed by atoms with van der Waals surface area (Å²) in [6.45, 7) is 3.91. The fourth-order valence-electron chi connectivity index (χ4n) is 2.16. The van der Waals surface area contributed by atoms with E-state index >= 15 is 0 Å². The summed E-state index contributed by atoms with van der Waals surface area (Å²) in [7, 11) is -3.69. The van der Waals surface area contributed by atoms with Crippen LogP contribution in [0.15, 0.2) is 41.3 Å². The molecule has 3 nitrogen and oxygen atoms in total. The van der Waals surface area contributed by atoms with Crippen LogP contribution in [0.25, 0.3) is 11.1 Å². The maximum atomic E-state index is 12.0. The minimum atomic E-state index is -3.69. The van der Waals surface area contributed by atoms with E-state index in [1.54, 1.807) is 18.2 Å². The highest BCUT2D eigenvalue weighted by atomic mass is 32.2. The van der Waals surface area contributed by atoms with Crippen molar-refractivity contribution in [3.05, 3.63) is 47.5 Å². The van der Waals surface area contributed by atoms with Crippen molar-refractivity contribution in [3.8, 4) is 16.9 Å². The molecule has 0 N–H and O–H groups in total. The molecule has 0 fully saturated rings. The van der Waals surface area contributed by atoms with Crippen molar-refractivity contribution in [3.63, 3.8) is 0 Å². The molecule has 1 aliphatic rings. The molecule has 0 saturated carbocycles. The van der Waals surface area contributed by atoms with Gasteiger partial charge in [0.15, 0.2) is 5.75 Å². The molecule has 92 valence electrons. The minimum Gasteiger partial charge on any atom is -0.378 e. The van der Waals surface area contributed by atoms with Gasteiger partial charge in [-0.25, -0.2) is 0 Å². The Morgan fingerprint density at radius 2 is 1.50 bits per heavy atom. The van der Waals surface area contributed by atoms with Crippen LogP contribution >= 0.6 is 0 Å². The highest BCUT2D eigenvalue weighted by Crippen LogP contribution is 2.41. The third kappa shape index (κ3) is 1.61. The van der Waals surface area contributed by atoms with Gasteiger partial charge in [-0.1, -0.05) is 23.3 Å². The Hall–Kier alpha value is -1.81. The number of benzene rings is 2. The van der Waals surface area contributed by atoms with E-state index in [4.69, 9.17) is 4.18 Å². The molecular weight excluding hydrogens is 248 g/mol. The van der Waals surface area contributed by atoms with E-state index in [2.05, 4.69) is 0 Å². The first kappa shape index (κ1) is 11.3. The van der Waals surface area contributed by atoms with Gasteiger partial charge in [-0.3, -0.25) is 0 Å². The van der Waals surface area contributed by atoms with Gasteiger partial charge in [-0.2, -0.15) is 8.42 Å². The monoisotopic (exact) mass is 260 g/mol. The molecule has 2 aromatic rings. The zero-order chi connectivity index (χ0) is 12.9. The van der Waals surface area contributed by atoms with Crippen LogP contribution in [0.1, 0.15) is 11.1 Å². The molecule has 0 aliphatic carbocycles. The lowest BCUT2D eigenvalue weighted by molar-refractivity contribution is 0.483. The topological polar surface area (TPSA) is 43.4 Å². The highest BCUT2D eigenvalue weighted by Gasteiger charge is 2.29. The number of rotatable bonds is 0. The molecular formula is C14H12O3S. The van der Waals surface area contributed by atoms with E-state index in [0.717, 1.165) is 22.3 Å². The van der Waals surface area contributed by atoms with Crippen LogP contribution in [-0.2, 0) is 10.1 Å². The second-order valence-electron chi connectivity index (χ2n) is 4.54. The zero-order valence-electron chi connectivity index (χ0n) is 10.1. The molecule has 3 rings (SSSR count). The Morgan fingerprint density at radius 1 is 0.889 bits per heavy atom. The smallest absolute Gasteiger partial charge is 0.339 e. The lowest BCUT2D eigenvalue weighted by Gasteiger charge is -2.20. The zero-order valence-corrected chi connectivity index (χ0v) is 10.9. The van der Waals surface area contributed by atoms with Gasteiger partial charge in [0.1, 0.15) is 4.90 Å². The number of aryl methyl sites for hydroxylation is 2. The summed E-state index contributed by atoms with van der Waals surface area (Å²) in [5.41, 5.74) is 3.66. The van der Waals surface area contributed by atoms with Crippen molar-refractivity contribution < 1.29 is 12.6 Å². The average molecular weight is 260 g/mol. The Balaban J connectivity index is 2.41. The fourth-order valence-corrected chi connectivity index (χ4v) is 3.31. The molecule has 0 bridgehead atoms. The molecule has 4 heteroatoms. The quantitative estimate of drug-likeness (QED) is 0.684. The molecule has 0 amide bonds. The van der Waals surface area contributed by atoms with Crippen LogP contribution in [-0.4, -0.2) is 8.42 Å².